The van der Waals surface area contributed by atoms with Crippen molar-refractivity contribution in [1.29, 1.82) is 0 Å². The van der Waals surface area contributed by atoms with Gasteiger partial charge < -0.3 is 14.8 Å². The summed E-state index contributed by atoms with van der Waals surface area (Å²) in [6.45, 7) is 5.43. The van der Waals surface area contributed by atoms with E-state index in [1.54, 1.807) is 7.11 Å². The molecule has 2 rings (SSSR count). The Morgan fingerprint density at radius 1 is 1.00 bits per heavy atom. The predicted octanol–water partition coefficient (Wildman–Crippen LogP) is 4.85. The number of hydrogen-bond acceptors (Lipinski definition) is 4. The average molecular weight is 383 g/mol. The molecule has 1 atom stereocenters. The Kier molecular flexibility index (Phi) is 7.61. The number of ether oxygens (including phenoxy) is 2. The van der Waals surface area contributed by atoms with Crippen LogP contribution in [0.25, 0.3) is 0 Å². The zero-order chi connectivity index (χ0) is 20.6. The fraction of sp³-hybridized carbons (Fsp3) is 0.391. The molecule has 0 saturated heterocycles. The second-order valence-electron chi connectivity index (χ2n) is 7.70. The summed E-state index contributed by atoms with van der Waals surface area (Å²) in [7, 11) is 1.62. The van der Waals surface area contributed by atoms with Crippen molar-refractivity contribution in [1.82, 2.24) is 5.32 Å². The van der Waals surface area contributed by atoms with E-state index in [2.05, 4.69) is 5.32 Å². The van der Waals surface area contributed by atoms with Gasteiger partial charge in [-0.25, -0.2) is 4.79 Å². The normalized spacial score (nSPS) is 12.1. The molecule has 28 heavy (non-hydrogen) atoms. The number of alkyl carbamates (subject to hydrolysis) is 1. The Morgan fingerprint density at radius 3 is 2.21 bits per heavy atom. The molecule has 0 radical (unpaired) electrons. The van der Waals surface area contributed by atoms with Crippen LogP contribution in [0.5, 0.6) is 5.75 Å². The minimum atomic E-state index is -0.594. The first-order valence-electron chi connectivity index (χ1n) is 9.46. The third kappa shape index (κ3) is 7.43. The van der Waals surface area contributed by atoms with Gasteiger partial charge in [0, 0.05) is 12.8 Å². The maximum atomic E-state index is 12.6. The Balaban J connectivity index is 1.98. The van der Waals surface area contributed by atoms with Crippen molar-refractivity contribution >= 4 is 11.9 Å². The number of amides is 1. The molecule has 0 unspecified atom stereocenters. The molecule has 5 nitrogen and oxygen atoms in total. The summed E-state index contributed by atoms with van der Waals surface area (Å²) in [6, 6.07) is 16.8. The summed E-state index contributed by atoms with van der Waals surface area (Å²) >= 11 is 0. The molecular weight excluding hydrogens is 354 g/mol. The first-order valence-corrected chi connectivity index (χ1v) is 9.46. The fourth-order valence-electron chi connectivity index (χ4n) is 2.79. The van der Waals surface area contributed by atoms with E-state index < -0.39 is 17.7 Å². The van der Waals surface area contributed by atoms with E-state index >= 15 is 0 Å². The molecule has 0 aliphatic rings. The van der Waals surface area contributed by atoms with E-state index in [0.29, 0.717) is 12.8 Å². The number of benzene rings is 2. The second kappa shape index (κ2) is 9.93. The summed E-state index contributed by atoms with van der Waals surface area (Å²) in [5.41, 5.74) is 1.36. The Hall–Kier alpha value is -2.82. The van der Waals surface area contributed by atoms with Gasteiger partial charge in [0.25, 0.3) is 0 Å². The summed E-state index contributed by atoms with van der Waals surface area (Å²) < 4.78 is 10.5. The molecule has 0 aromatic heterocycles. The minimum absolute atomic E-state index is 0.0840. The van der Waals surface area contributed by atoms with Crippen molar-refractivity contribution in [2.45, 2.75) is 51.7 Å². The van der Waals surface area contributed by atoms with Crippen LogP contribution in [-0.2, 0) is 16.0 Å². The lowest BCUT2D eigenvalue weighted by Gasteiger charge is -2.23. The third-order valence-corrected chi connectivity index (χ3v) is 4.18. The lowest BCUT2D eigenvalue weighted by molar-refractivity contribution is -0.119. The van der Waals surface area contributed by atoms with Crippen molar-refractivity contribution in [2.24, 2.45) is 0 Å². The van der Waals surface area contributed by atoms with Gasteiger partial charge in [-0.15, -0.1) is 0 Å². The van der Waals surface area contributed by atoms with Gasteiger partial charge in [-0.3, -0.25) is 4.79 Å². The van der Waals surface area contributed by atoms with E-state index in [1.807, 2.05) is 75.4 Å². The van der Waals surface area contributed by atoms with Crippen molar-refractivity contribution in [3.8, 4) is 5.75 Å². The van der Waals surface area contributed by atoms with E-state index in [0.717, 1.165) is 16.9 Å². The van der Waals surface area contributed by atoms with E-state index in [1.165, 1.54) is 0 Å². The van der Waals surface area contributed by atoms with Crippen LogP contribution in [0.15, 0.2) is 54.6 Å². The van der Waals surface area contributed by atoms with Crippen molar-refractivity contribution in [3.05, 3.63) is 65.7 Å². The van der Waals surface area contributed by atoms with Crippen molar-refractivity contribution in [2.75, 3.05) is 7.11 Å². The van der Waals surface area contributed by atoms with Gasteiger partial charge in [-0.2, -0.15) is 0 Å². The predicted molar refractivity (Wildman–Crippen MR) is 109 cm³/mol. The van der Waals surface area contributed by atoms with Gasteiger partial charge in [-0.1, -0.05) is 42.5 Å². The van der Waals surface area contributed by atoms with Gasteiger partial charge in [0.05, 0.1) is 13.2 Å². The molecule has 1 N–H and O–H groups in total. The number of nitrogens with one attached hydrogen (secondary N) is 1. The lowest BCUT2D eigenvalue weighted by atomic mass is 9.98. The zero-order valence-corrected chi connectivity index (χ0v) is 17.0. The van der Waals surface area contributed by atoms with Crippen LogP contribution in [0, 0.1) is 0 Å². The van der Waals surface area contributed by atoms with Crippen LogP contribution < -0.4 is 10.1 Å². The molecule has 0 fully saturated rings. The highest BCUT2D eigenvalue weighted by Crippen LogP contribution is 2.20. The standard InChI is InChI=1S/C23H29NO4/c1-23(2,3)28-22(26)24-21(18-8-6-5-7-9-18)16-19(25)13-10-17-11-14-20(27-4)15-12-17/h5-9,11-12,14-15,21H,10,13,16H2,1-4H3,(H,24,26)/t21-/m1/s1. The highest BCUT2D eigenvalue weighted by Gasteiger charge is 2.22. The molecule has 0 bridgehead atoms. The van der Waals surface area contributed by atoms with Crippen LogP contribution in [-0.4, -0.2) is 24.6 Å². The monoisotopic (exact) mass is 383 g/mol. The largest absolute Gasteiger partial charge is 0.497 e. The van der Waals surface area contributed by atoms with Gasteiger partial charge >= 0.3 is 6.09 Å². The molecule has 0 aliphatic carbocycles. The zero-order valence-electron chi connectivity index (χ0n) is 17.0. The maximum absolute atomic E-state index is 12.6. The Bertz CT molecular complexity index is 763. The SMILES string of the molecule is COc1ccc(CCC(=O)C[C@@H](NC(=O)OC(C)(C)C)c2ccccc2)cc1. The molecule has 5 heteroatoms. The number of ketones is 1. The molecule has 2 aromatic rings. The lowest BCUT2D eigenvalue weighted by Crippen LogP contribution is -2.35. The van der Waals surface area contributed by atoms with Crippen LogP contribution in [0.3, 0.4) is 0 Å². The number of methoxy groups -OCH3 is 1. The average Bonchev–Trinajstić information content (AvgIpc) is 2.65. The number of Topliss-reactive ketones (excluding diaryl/α,β-unsaturated/α-hetero) is 1. The van der Waals surface area contributed by atoms with Crippen LogP contribution in [0.4, 0.5) is 4.79 Å². The van der Waals surface area contributed by atoms with Crippen LogP contribution in [0.1, 0.15) is 50.8 Å². The van der Waals surface area contributed by atoms with Crippen molar-refractivity contribution in [3.63, 3.8) is 0 Å². The highest BCUT2D eigenvalue weighted by atomic mass is 16.6. The molecule has 0 spiro atoms. The topological polar surface area (TPSA) is 64.6 Å². The fourth-order valence-corrected chi connectivity index (χ4v) is 2.79. The summed E-state index contributed by atoms with van der Waals surface area (Å²) in [5, 5.41) is 2.84. The molecular formula is C23H29NO4. The number of aryl methyl sites for hydroxylation is 1. The van der Waals surface area contributed by atoms with E-state index in [4.69, 9.17) is 9.47 Å². The smallest absolute Gasteiger partial charge is 0.408 e. The molecule has 0 aliphatic heterocycles. The van der Waals surface area contributed by atoms with Crippen LogP contribution >= 0.6 is 0 Å². The summed E-state index contributed by atoms with van der Waals surface area (Å²) in [5.74, 6) is 0.876. The Labute approximate surface area is 167 Å². The van der Waals surface area contributed by atoms with Gasteiger partial charge in [0.15, 0.2) is 0 Å². The minimum Gasteiger partial charge on any atom is -0.497 e. The molecule has 150 valence electrons. The van der Waals surface area contributed by atoms with E-state index in [9.17, 15) is 9.59 Å². The first-order chi connectivity index (χ1) is 13.3. The number of carbonyl (C=O) groups excluding carboxylic acids is 2. The first kappa shape index (κ1) is 21.5. The summed E-state index contributed by atoms with van der Waals surface area (Å²) in [6.07, 6.45) is 0.756. The molecule has 1 amide bonds. The molecule has 0 heterocycles. The van der Waals surface area contributed by atoms with E-state index in [-0.39, 0.29) is 12.2 Å². The quantitative estimate of drug-likeness (QED) is 0.707. The second-order valence-corrected chi connectivity index (χ2v) is 7.70. The number of carbonyl (C=O) groups is 2. The maximum Gasteiger partial charge on any atom is 0.408 e. The number of rotatable bonds is 8. The van der Waals surface area contributed by atoms with Crippen molar-refractivity contribution < 1.29 is 19.1 Å². The number of hydrogen-bond donors (Lipinski definition) is 1. The molecule has 2 aromatic carbocycles. The van der Waals surface area contributed by atoms with Gasteiger partial charge in [0.2, 0.25) is 0 Å². The van der Waals surface area contributed by atoms with Gasteiger partial charge in [-0.05, 0) is 50.5 Å². The van der Waals surface area contributed by atoms with Gasteiger partial charge in [0.1, 0.15) is 17.1 Å². The highest BCUT2D eigenvalue weighted by molar-refractivity contribution is 5.80. The third-order valence-electron chi connectivity index (χ3n) is 4.18. The van der Waals surface area contributed by atoms with Crippen LogP contribution in [0.2, 0.25) is 0 Å². The summed E-state index contributed by atoms with van der Waals surface area (Å²) in [4.78, 5) is 24.8. The Morgan fingerprint density at radius 2 is 1.64 bits per heavy atom. The molecule has 0 saturated carbocycles.